The summed E-state index contributed by atoms with van der Waals surface area (Å²) < 4.78 is 0. The van der Waals surface area contributed by atoms with Crippen LogP contribution in [0.1, 0.15) is 41.6 Å². The van der Waals surface area contributed by atoms with Crippen molar-refractivity contribution in [2.45, 2.75) is 31.7 Å². The zero-order chi connectivity index (χ0) is 26.9. The van der Waals surface area contributed by atoms with Crippen molar-refractivity contribution in [1.82, 2.24) is 19.8 Å². The number of nitrogens with zero attached hydrogens (tertiary/aromatic N) is 3. The number of aromatic hydroxyl groups is 1. The largest absolute Gasteiger partial charge is 0.508 e. The van der Waals surface area contributed by atoms with Gasteiger partial charge in [0.05, 0.1) is 23.0 Å². The number of fused-ring (bicyclic) bond motifs is 2. The molecule has 2 amide bonds. The Hall–Kier alpha value is -4.57. The van der Waals surface area contributed by atoms with E-state index in [-0.39, 0.29) is 41.9 Å². The fourth-order valence-corrected chi connectivity index (χ4v) is 5.90. The number of phenols is 1. The normalized spacial score (nSPS) is 19.0. The zero-order valence-electron chi connectivity index (χ0n) is 21.8. The molecule has 6 rings (SSSR count). The molecular weight excluding hydrogens is 488 g/mol. The molecule has 0 saturated carbocycles. The van der Waals surface area contributed by atoms with E-state index in [1.54, 1.807) is 19.1 Å². The Kier molecular flexibility index (Phi) is 6.54. The Bertz CT molecular complexity index is 1550. The first-order valence-corrected chi connectivity index (χ1v) is 13.4. The second-order valence-electron chi connectivity index (χ2n) is 10.3. The maximum absolute atomic E-state index is 13.4. The molecule has 0 spiro atoms. The summed E-state index contributed by atoms with van der Waals surface area (Å²) in [5.41, 5.74) is 4.37. The quantitative estimate of drug-likeness (QED) is 0.371. The van der Waals surface area contributed by atoms with Crippen LogP contribution in [0.3, 0.4) is 0 Å². The topological polar surface area (TPSA) is 89.5 Å². The highest BCUT2D eigenvalue weighted by molar-refractivity contribution is 5.95. The van der Waals surface area contributed by atoms with E-state index >= 15 is 0 Å². The van der Waals surface area contributed by atoms with Crippen molar-refractivity contribution < 1.29 is 14.7 Å². The van der Waals surface area contributed by atoms with Crippen LogP contribution in [0.25, 0.3) is 22.4 Å². The first-order chi connectivity index (χ1) is 19.0. The van der Waals surface area contributed by atoms with Crippen molar-refractivity contribution in [3.05, 3.63) is 83.9 Å². The number of likely N-dealkylation sites (tertiary alicyclic amines) is 2. The van der Waals surface area contributed by atoms with Gasteiger partial charge < -0.3 is 19.9 Å². The highest BCUT2D eigenvalue weighted by Crippen LogP contribution is 2.34. The summed E-state index contributed by atoms with van der Waals surface area (Å²) in [6.45, 7) is 3.69. The lowest BCUT2D eigenvalue weighted by Crippen LogP contribution is -2.41. The Morgan fingerprint density at radius 1 is 1.05 bits per heavy atom. The number of phenolic OH excluding ortho intramolecular Hbond substituents is 1. The van der Waals surface area contributed by atoms with Crippen LogP contribution in [-0.4, -0.2) is 62.4 Å². The van der Waals surface area contributed by atoms with E-state index < -0.39 is 0 Å². The van der Waals surface area contributed by atoms with Gasteiger partial charge in [-0.1, -0.05) is 42.3 Å². The number of hydrogen-bond donors (Lipinski definition) is 2. The van der Waals surface area contributed by atoms with Crippen LogP contribution in [0.15, 0.2) is 72.8 Å². The number of nitrogens with one attached hydrogen (secondary N) is 1. The van der Waals surface area contributed by atoms with Gasteiger partial charge in [-0.25, -0.2) is 4.98 Å². The van der Waals surface area contributed by atoms with Crippen molar-refractivity contribution in [3.63, 3.8) is 0 Å². The molecule has 3 heterocycles. The Labute approximate surface area is 227 Å². The first kappa shape index (κ1) is 24.7. The van der Waals surface area contributed by atoms with Gasteiger partial charge in [0, 0.05) is 43.1 Å². The average molecular weight is 519 g/mol. The summed E-state index contributed by atoms with van der Waals surface area (Å²) in [6, 6.07) is 22.4. The van der Waals surface area contributed by atoms with Gasteiger partial charge in [0.15, 0.2) is 0 Å². The van der Waals surface area contributed by atoms with Gasteiger partial charge in [-0.05, 0) is 55.3 Å². The van der Waals surface area contributed by atoms with Crippen molar-refractivity contribution in [2.24, 2.45) is 5.92 Å². The number of benzene rings is 3. The van der Waals surface area contributed by atoms with Gasteiger partial charge >= 0.3 is 0 Å². The molecule has 0 aliphatic carbocycles. The van der Waals surface area contributed by atoms with Crippen LogP contribution in [-0.2, 0) is 4.79 Å². The molecule has 2 fully saturated rings. The molecular formula is C32H30N4O3. The molecule has 0 radical (unpaired) electrons. The SMILES string of the molecule is CC#C[C@@H](CC(=O)N1CC[C@H]2CN(C(=O)c3ccc(-c4nc5ccccc5[nH]4)cc3)C[C@H]21)c1ccc(O)cc1. The van der Waals surface area contributed by atoms with Crippen molar-refractivity contribution in [1.29, 1.82) is 0 Å². The highest BCUT2D eigenvalue weighted by Gasteiger charge is 2.44. The lowest BCUT2D eigenvalue weighted by atomic mass is 9.95. The summed E-state index contributed by atoms with van der Waals surface area (Å²) in [4.78, 5) is 38.6. The van der Waals surface area contributed by atoms with Crippen LogP contribution < -0.4 is 0 Å². The lowest BCUT2D eigenvalue weighted by Gasteiger charge is -2.26. The molecule has 7 nitrogen and oxygen atoms in total. The summed E-state index contributed by atoms with van der Waals surface area (Å²) in [7, 11) is 0. The van der Waals surface area contributed by atoms with Crippen molar-refractivity contribution in [3.8, 4) is 29.0 Å². The van der Waals surface area contributed by atoms with Crippen molar-refractivity contribution in [2.75, 3.05) is 19.6 Å². The summed E-state index contributed by atoms with van der Waals surface area (Å²) in [5, 5.41) is 9.62. The molecule has 0 unspecified atom stereocenters. The second-order valence-corrected chi connectivity index (χ2v) is 10.3. The van der Waals surface area contributed by atoms with Crippen LogP contribution in [0.4, 0.5) is 0 Å². The number of H-pyrrole nitrogens is 1. The number of carbonyl (C=O) groups is 2. The van der Waals surface area contributed by atoms with Gasteiger partial charge in [0.2, 0.25) is 5.91 Å². The van der Waals surface area contributed by atoms with Crippen LogP contribution in [0.5, 0.6) is 5.75 Å². The maximum Gasteiger partial charge on any atom is 0.253 e. The van der Waals surface area contributed by atoms with Crippen molar-refractivity contribution >= 4 is 22.8 Å². The van der Waals surface area contributed by atoms with E-state index in [0.29, 0.717) is 25.2 Å². The van der Waals surface area contributed by atoms with Gasteiger partial charge in [-0.3, -0.25) is 9.59 Å². The van der Waals surface area contributed by atoms with E-state index in [9.17, 15) is 14.7 Å². The molecule has 7 heteroatoms. The summed E-state index contributed by atoms with van der Waals surface area (Å²) in [6.07, 6.45) is 1.18. The van der Waals surface area contributed by atoms with Crippen LogP contribution in [0, 0.1) is 17.8 Å². The highest BCUT2D eigenvalue weighted by atomic mass is 16.3. The molecule has 2 saturated heterocycles. The standard InChI is InChI=1S/C32H30N4O3/c1-2-5-24(21-12-14-26(37)15-13-21)18-30(38)36-17-16-25-19-35(20-29(25)36)32(39)23-10-8-22(9-11-23)31-33-27-6-3-4-7-28(27)34-31/h3-4,6-15,24-25,29,37H,16-20H2,1H3,(H,33,34)/t24-,25-,29+/m0/s1. The molecule has 3 atom stereocenters. The summed E-state index contributed by atoms with van der Waals surface area (Å²) in [5.74, 6) is 7.18. The molecule has 39 heavy (non-hydrogen) atoms. The number of carbonyl (C=O) groups excluding carboxylic acids is 2. The molecule has 196 valence electrons. The summed E-state index contributed by atoms with van der Waals surface area (Å²) >= 11 is 0. The fourth-order valence-electron chi connectivity index (χ4n) is 5.90. The molecule has 4 aromatic rings. The average Bonchev–Trinajstić information content (AvgIpc) is 3.67. The minimum Gasteiger partial charge on any atom is -0.508 e. The Morgan fingerprint density at radius 2 is 1.82 bits per heavy atom. The predicted molar refractivity (Wildman–Crippen MR) is 150 cm³/mol. The van der Waals surface area contributed by atoms with Gasteiger partial charge in [-0.2, -0.15) is 0 Å². The smallest absolute Gasteiger partial charge is 0.253 e. The molecule has 2 aliphatic rings. The molecule has 2 N–H and O–H groups in total. The molecule has 0 bridgehead atoms. The third kappa shape index (κ3) is 4.86. The Morgan fingerprint density at radius 3 is 2.56 bits per heavy atom. The van der Waals surface area contributed by atoms with E-state index in [0.717, 1.165) is 34.4 Å². The number of rotatable bonds is 5. The van der Waals surface area contributed by atoms with Crippen LogP contribution in [0.2, 0.25) is 0 Å². The second kappa shape index (κ2) is 10.3. The minimum absolute atomic E-state index is 0.00762. The fraction of sp³-hybridized carbons (Fsp3) is 0.281. The number of amides is 2. The van der Waals surface area contributed by atoms with Gasteiger partial charge in [-0.15, -0.1) is 5.92 Å². The van der Waals surface area contributed by atoms with Gasteiger partial charge in [0.25, 0.3) is 5.91 Å². The number of para-hydroxylation sites is 2. The minimum atomic E-state index is -0.230. The predicted octanol–water partition coefficient (Wildman–Crippen LogP) is 4.81. The third-order valence-electron chi connectivity index (χ3n) is 7.94. The first-order valence-electron chi connectivity index (χ1n) is 13.4. The van der Waals surface area contributed by atoms with E-state index in [1.807, 2.05) is 70.5 Å². The Balaban J connectivity index is 1.12. The number of aromatic nitrogens is 2. The van der Waals surface area contributed by atoms with E-state index in [2.05, 4.69) is 21.8 Å². The maximum atomic E-state index is 13.4. The van der Waals surface area contributed by atoms with E-state index in [1.165, 1.54) is 0 Å². The monoisotopic (exact) mass is 518 g/mol. The zero-order valence-corrected chi connectivity index (χ0v) is 21.8. The molecule has 3 aromatic carbocycles. The van der Waals surface area contributed by atoms with Gasteiger partial charge in [0.1, 0.15) is 11.6 Å². The van der Waals surface area contributed by atoms with E-state index in [4.69, 9.17) is 0 Å². The number of imidazole rings is 1. The number of aromatic amines is 1. The number of hydrogen-bond acceptors (Lipinski definition) is 4. The third-order valence-corrected chi connectivity index (χ3v) is 7.94. The van der Waals surface area contributed by atoms with Crippen LogP contribution >= 0.6 is 0 Å². The lowest BCUT2D eigenvalue weighted by molar-refractivity contribution is -0.132. The molecule has 1 aromatic heterocycles. The molecule has 2 aliphatic heterocycles.